The van der Waals surface area contributed by atoms with Crippen molar-refractivity contribution < 1.29 is 4.79 Å². The molecule has 0 saturated carbocycles. The topological polar surface area (TPSA) is 71.8 Å². The second kappa shape index (κ2) is 7.81. The van der Waals surface area contributed by atoms with Crippen molar-refractivity contribution in [3.05, 3.63) is 12.2 Å². The monoisotopic (exact) mass is 253 g/mol. The van der Waals surface area contributed by atoms with Crippen molar-refractivity contribution in [3.63, 3.8) is 0 Å². The minimum Gasteiger partial charge on any atom is -0.355 e. The molecule has 0 aliphatic carbocycles. The summed E-state index contributed by atoms with van der Waals surface area (Å²) in [5, 5.41) is 10.1. The summed E-state index contributed by atoms with van der Waals surface area (Å²) in [6.07, 6.45) is 3.43. The van der Waals surface area contributed by atoms with Gasteiger partial charge in [0.25, 0.3) is 0 Å². The zero-order valence-corrected chi connectivity index (χ0v) is 11.4. The zero-order chi connectivity index (χ0) is 13.4. The first-order valence-corrected chi connectivity index (χ1v) is 6.40. The summed E-state index contributed by atoms with van der Waals surface area (Å²) in [6, 6.07) is 0. The second-order valence-corrected chi connectivity index (χ2v) is 4.79. The first-order chi connectivity index (χ1) is 8.58. The van der Waals surface area contributed by atoms with Gasteiger partial charge in [-0.2, -0.15) is 5.10 Å². The number of carbonyl (C=O) groups excluding carboxylic acids is 1. The molecule has 1 rings (SSSR count). The van der Waals surface area contributed by atoms with Crippen LogP contribution >= 0.6 is 0 Å². The summed E-state index contributed by atoms with van der Waals surface area (Å²) >= 11 is 0. The molecule has 6 nitrogen and oxygen atoms in total. The van der Waals surface area contributed by atoms with E-state index in [1.807, 2.05) is 7.05 Å². The van der Waals surface area contributed by atoms with Crippen LogP contribution in [-0.4, -0.2) is 40.3 Å². The maximum absolute atomic E-state index is 11.4. The summed E-state index contributed by atoms with van der Waals surface area (Å²) in [5.74, 6) is 1.46. The van der Waals surface area contributed by atoms with E-state index in [0.29, 0.717) is 19.0 Å². The molecular formula is C12H23N5O. The Morgan fingerprint density at radius 1 is 1.44 bits per heavy atom. The van der Waals surface area contributed by atoms with Crippen molar-refractivity contribution in [2.45, 2.75) is 26.7 Å². The fourth-order valence-corrected chi connectivity index (χ4v) is 1.46. The van der Waals surface area contributed by atoms with Gasteiger partial charge in [0.1, 0.15) is 6.33 Å². The molecule has 0 atom stereocenters. The van der Waals surface area contributed by atoms with Crippen LogP contribution in [0.4, 0.5) is 0 Å². The van der Waals surface area contributed by atoms with Crippen molar-refractivity contribution >= 4 is 5.91 Å². The third-order valence-electron chi connectivity index (χ3n) is 2.50. The Balaban J connectivity index is 2.02. The highest BCUT2D eigenvalue weighted by molar-refractivity contribution is 5.77. The van der Waals surface area contributed by atoms with Crippen molar-refractivity contribution in [2.24, 2.45) is 13.0 Å². The lowest BCUT2D eigenvalue weighted by atomic mass is 10.1. The van der Waals surface area contributed by atoms with E-state index < -0.39 is 0 Å². The molecule has 0 spiro atoms. The highest BCUT2D eigenvalue weighted by atomic mass is 16.1. The van der Waals surface area contributed by atoms with Gasteiger partial charge in [0.15, 0.2) is 5.82 Å². The number of nitrogens with one attached hydrogen (secondary N) is 2. The zero-order valence-electron chi connectivity index (χ0n) is 11.4. The van der Waals surface area contributed by atoms with Crippen LogP contribution in [0.5, 0.6) is 0 Å². The largest absolute Gasteiger partial charge is 0.355 e. The fourth-order valence-electron chi connectivity index (χ4n) is 1.46. The highest BCUT2D eigenvalue weighted by Gasteiger charge is 2.02. The number of hydrogen-bond donors (Lipinski definition) is 2. The van der Waals surface area contributed by atoms with Crippen LogP contribution in [0.1, 0.15) is 26.1 Å². The molecule has 6 heteroatoms. The van der Waals surface area contributed by atoms with Crippen LogP contribution in [0, 0.1) is 5.92 Å². The summed E-state index contributed by atoms with van der Waals surface area (Å²) < 4.78 is 1.67. The Bertz CT molecular complexity index is 361. The quantitative estimate of drug-likeness (QED) is 0.645. The summed E-state index contributed by atoms with van der Waals surface area (Å²) in [7, 11) is 1.84. The Hall–Kier alpha value is -1.43. The average Bonchev–Trinajstić information content (AvgIpc) is 2.70. The number of aromatic nitrogens is 3. The maximum atomic E-state index is 11.4. The van der Waals surface area contributed by atoms with Gasteiger partial charge in [-0.3, -0.25) is 9.48 Å². The Morgan fingerprint density at radius 2 is 2.22 bits per heavy atom. The summed E-state index contributed by atoms with van der Waals surface area (Å²) in [5.41, 5.74) is 0. The number of rotatable bonds is 8. The van der Waals surface area contributed by atoms with Gasteiger partial charge in [0.2, 0.25) is 5.91 Å². The molecule has 0 radical (unpaired) electrons. The van der Waals surface area contributed by atoms with Crippen molar-refractivity contribution in [3.8, 4) is 0 Å². The van der Waals surface area contributed by atoms with Crippen LogP contribution in [0.2, 0.25) is 0 Å². The number of aryl methyl sites for hydroxylation is 1. The standard InChI is InChI=1S/C12H23N5O/c1-10(2)4-7-14-12(18)8-13-6-5-11-15-9-17(3)16-11/h9-10,13H,4-8H2,1-3H3,(H,14,18). The van der Waals surface area contributed by atoms with E-state index in [0.717, 1.165) is 25.2 Å². The molecule has 0 bridgehead atoms. The first-order valence-electron chi connectivity index (χ1n) is 6.40. The molecule has 2 N–H and O–H groups in total. The lowest BCUT2D eigenvalue weighted by molar-refractivity contribution is -0.120. The second-order valence-electron chi connectivity index (χ2n) is 4.79. The van der Waals surface area contributed by atoms with E-state index in [1.165, 1.54) is 0 Å². The van der Waals surface area contributed by atoms with Crippen LogP contribution in [-0.2, 0) is 18.3 Å². The summed E-state index contributed by atoms with van der Waals surface area (Å²) in [4.78, 5) is 15.5. The number of amides is 1. The van der Waals surface area contributed by atoms with Gasteiger partial charge in [0.05, 0.1) is 6.54 Å². The minimum absolute atomic E-state index is 0.0460. The van der Waals surface area contributed by atoms with Gasteiger partial charge in [0, 0.05) is 26.6 Å². The molecule has 0 saturated heterocycles. The van der Waals surface area contributed by atoms with E-state index in [1.54, 1.807) is 11.0 Å². The molecular weight excluding hydrogens is 230 g/mol. The van der Waals surface area contributed by atoms with E-state index >= 15 is 0 Å². The van der Waals surface area contributed by atoms with Crippen molar-refractivity contribution in [1.29, 1.82) is 0 Å². The minimum atomic E-state index is 0.0460. The third-order valence-corrected chi connectivity index (χ3v) is 2.50. The third kappa shape index (κ3) is 6.34. The van der Waals surface area contributed by atoms with Gasteiger partial charge >= 0.3 is 0 Å². The first kappa shape index (κ1) is 14.6. The molecule has 102 valence electrons. The Morgan fingerprint density at radius 3 is 2.83 bits per heavy atom. The van der Waals surface area contributed by atoms with Gasteiger partial charge in [-0.15, -0.1) is 0 Å². The SMILES string of the molecule is CC(C)CCNC(=O)CNCCc1ncn(C)n1. The molecule has 0 aliphatic heterocycles. The molecule has 0 unspecified atom stereocenters. The lowest BCUT2D eigenvalue weighted by Crippen LogP contribution is -2.35. The molecule has 0 aromatic carbocycles. The molecule has 1 amide bonds. The van der Waals surface area contributed by atoms with E-state index in [-0.39, 0.29) is 5.91 Å². The van der Waals surface area contributed by atoms with Gasteiger partial charge in [-0.25, -0.2) is 4.98 Å². The van der Waals surface area contributed by atoms with Crippen LogP contribution in [0.15, 0.2) is 6.33 Å². The van der Waals surface area contributed by atoms with Crippen molar-refractivity contribution in [2.75, 3.05) is 19.6 Å². The molecule has 0 aliphatic rings. The van der Waals surface area contributed by atoms with Crippen LogP contribution in [0.3, 0.4) is 0 Å². The smallest absolute Gasteiger partial charge is 0.233 e. The number of hydrogen-bond acceptors (Lipinski definition) is 4. The van der Waals surface area contributed by atoms with Gasteiger partial charge < -0.3 is 10.6 Å². The normalized spacial score (nSPS) is 10.9. The number of nitrogens with zero attached hydrogens (tertiary/aromatic N) is 3. The fraction of sp³-hybridized carbons (Fsp3) is 0.750. The molecule has 0 fully saturated rings. The number of carbonyl (C=O) groups is 1. The molecule has 18 heavy (non-hydrogen) atoms. The predicted octanol–water partition coefficient (Wildman–Crippen LogP) is 0.110. The molecule has 1 heterocycles. The lowest BCUT2D eigenvalue weighted by Gasteiger charge is -2.07. The molecule has 1 aromatic rings. The maximum Gasteiger partial charge on any atom is 0.233 e. The Labute approximate surface area is 108 Å². The molecule has 1 aromatic heterocycles. The van der Waals surface area contributed by atoms with E-state index in [2.05, 4.69) is 34.6 Å². The van der Waals surface area contributed by atoms with Crippen molar-refractivity contribution in [1.82, 2.24) is 25.4 Å². The van der Waals surface area contributed by atoms with E-state index in [9.17, 15) is 4.79 Å². The van der Waals surface area contributed by atoms with Gasteiger partial charge in [-0.05, 0) is 12.3 Å². The van der Waals surface area contributed by atoms with Crippen LogP contribution < -0.4 is 10.6 Å². The Kier molecular flexibility index (Phi) is 6.35. The summed E-state index contributed by atoms with van der Waals surface area (Å²) in [6.45, 7) is 6.10. The van der Waals surface area contributed by atoms with E-state index in [4.69, 9.17) is 0 Å². The average molecular weight is 253 g/mol. The predicted molar refractivity (Wildman–Crippen MR) is 70.0 cm³/mol. The van der Waals surface area contributed by atoms with Crippen LogP contribution in [0.25, 0.3) is 0 Å². The highest BCUT2D eigenvalue weighted by Crippen LogP contribution is 1.95. The van der Waals surface area contributed by atoms with Gasteiger partial charge in [-0.1, -0.05) is 13.8 Å².